The Morgan fingerprint density at radius 1 is 1.10 bits per heavy atom. The summed E-state index contributed by atoms with van der Waals surface area (Å²) in [5.74, 6) is 0. The quantitative estimate of drug-likeness (QED) is 0.700. The van der Waals surface area contributed by atoms with Gasteiger partial charge in [-0.1, -0.05) is 24.3 Å². The number of para-hydroxylation sites is 1. The number of fused-ring (bicyclic) bond motifs is 1. The third kappa shape index (κ3) is 3.50. The van der Waals surface area contributed by atoms with Gasteiger partial charge in [-0.2, -0.15) is 0 Å². The summed E-state index contributed by atoms with van der Waals surface area (Å²) < 4.78 is 2.32. The van der Waals surface area contributed by atoms with Crippen LogP contribution in [-0.4, -0.2) is 16.1 Å². The summed E-state index contributed by atoms with van der Waals surface area (Å²) >= 11 is 0. The number of aromatic nitrogens is 2. The summed E-state index contributed by atoms with van der Waals surface area (Å²) in [6, 6.07) is 14.9. The lowest BCUT2D eigenvalue weighted by Gasteiger charge is -2.07. The highest BCUT2D eigenvalue weighted by Crippen LogP contribution is 2.15. The molecule has 3 rings (SSSR count). The second-order valence-electron chi connectivity index (χ2n) is 5.41. The van der Waals surface area contributed by atoms with Gasteiger partial charge in [-0.05, 0) is 49.0 Å². The Morgan fingerprint density at radius 3 is 2.86 bits per heavy atom. The van der Waals surface area contributed by atoms with Crippen LogP contribution in [0.15, 0.2) is 54.9 Å². The van der Waals surface area contributed by atoms with E-state index in [0.29, 0.717) is 0 Å². The van der Waals surface area contributed by atoms with Gasteiger partial charge in [-0.15, -0.1) is 0 Å². The normalized spacial score (nSPS) is 11.1. The highest BCUT2D eigenvalue weighted by atomic mass is 15.0. The first-order valence-electron chi connectivity index (χ1n) is 7.49. The first-order valence-corrected chi connectivity index (χ1v) is 7.49. The lowest BCUT2D eigenvalue weighted by Crippen LogP contribution is -2.16. The molecule has 0 aliphatic rings. The minimum Gasteiger partial charge on any atom is -0.347 e. The van der Waals surface area contributed by atoms with Gasteiger partial charge in [0.25, 0.3) is 0 Å². The van der Waals surface area contributed by atoms with Gasteiger partial charge in [0.1, 0.15) is 0 Å². The first kappa shape index (κ1) is 13.8. The average Bonchev–Trinajstić information content (AvgIpc) is 2.92. The molecule has 2 heterocycles. The van der Waals surface area contributed by atoms with Crippen molar-refractivity contribution in [2.24, 2.45) is 0 Å². The molecule has 3 heteroatoms. The molecule has 0 saturated carbocycles. The van der Waals surface area contributed by atoms with Crippen molar-refractivity contribution in [3.63, 3.8) is 0 Å². The van der Waals surface area contributed by atoms with Crippen molar-refractivity contribution in [2.45, 2.75) is 26.4 Å². The molecule has 0 unspecified atom stereocenters. The number of hydrogen-bond donors (Lipinski definition) is 1. The molecular weight excluding hydrogens is 258 g/mol. The van der Waals surface area contributed by atoms with Crippen LogP contribution in [-0.2, 0) is 13.1 Å². The van der Waals surface area contributed by atoms with Gasteiger partial charge in [-0.25, -0.2) is 0 Å². The summed E-state index contributed by atoms with van der Waals surface area (Å²) in [4.78, 5) is 4.31. The van der Waals surface area contributed by atoms with Crippen LogP contribution in [0, 0.1) is 6.92 Å². The van der Waals surface area contributed by atoms with Gasteiger partial charge in [0.15, 0.2) is 0 Å². The topological polar surface area (TPSA) is 29.9 Å². The zero-order valence-corrected chi connectivity index (χ0v) is 12.4. The van der Waals surface area contributed by atoms with Crippen molar-refractivity contribution in [3.8, 4) is 0 Å². The molecule has 0 spiro atoms. The van der Waals surface area contributed by atoms with Crippen molar-refractivity contribution in [3.05, 3.63) is 66.1 Å². The number of hydrogen-bond acceptors (Lipinski definition) is 2. The van der Waals surface area contributed by atoms with Gasteiger partial charge >= 0.3 is 0 Å². The second-order valence-corrected chi connectivity index (χ2v) is 5.41. The molecule has 0 aliphatic heterocycles. The Kier molecular flexibility index (Phi) is 4.31. The SMILES string of the molecule is Cc1ccc(CNCCCn2ccc3ccccc32)cn1. The predicted molar refractivity (Wildman–Crippen MR) is 87.2 cm³/mol. The largest absolute Gasteiger partial charge is 0.347 e. The predicted octanol–water partition coefficient (Wildman–Crippen LogP) is 3.52. The molecule has 2 aromatic heterocycles. The number of pyridine rings is 1. The van der Waals surface area contributed by atoms with Gasteiger partial charge in [0.2, 0.25) is 0 Å². The highest BCUT2D eigenvalue weighted by Gasteiger charge is 1.99. The molecule has 3 aromatic rings. The Hall–Kier alpha value is -2.13. The minimum absolute atomic E-state index is 0.889. The lowest BCUT2D eigenvalue weighted by atomic mass is 10.2. The Labute approximate surface area is 125 Å². The van der Waals surface area contributed by atoms with Crippen molar-refractivity contribution in [1.82, 2.24) is 14.9 Å². The molecule has 1 N–H and O–H groups in total. The van der Waals surface area contributed by atoms with Gasteiger partial charge in [0, 0.05) is 36.7 Å². The Bertz CT molecular complexity index is 698. The smallest absolute Gasteiger partial charge is 0.0480 e. The third-order valence-electron chi connectivity index (χ3n) is 3.73. The summed E-state index contributed by atoms with van der Waals surface area (Å²) in [5.41, 5.74) is 3.63. The lowest BCUT2D eigenvalue weighted by molar-refractivity contribution is 0.590. The molecule has 0 saturated heterocycles. The summed E-state index contributed by atoms with van der Waals surface area (Å²) in [6.07, 6.45) is 5.24. The van der Waals surface area contributed by atoms with Crippen LogP contribution in [0.25, 0.3) is 10.9 Å². The zero-order valence-electron chi connectivity index (χ0n) is 12.4. The van der Waals surface area contributed by atoms with Gasteiger partial charge < -0.3 is 9.88 Å². The monoisotopic (exact) mass is 279 g/mol. The van der Waals surface area contributed by atoms with E-state index in [2.05, 4.69) is 63.5 Å². The fraction of sp³-hybridized carbons (Fsp3) is 0.278. The van der Waals surface area contributed by atoms with Crippen LogP contribution >= 0.6 is 0 Å². The molecule has 0 atom stereocenters. The molecule has 0 amide bonds. The first-order chi connectivity index (χ1) is 10.3. The van der Waals surface area contributed by atoms with E-state index in [9.17, 15) is 0 Å². The summed E-state index contributed by atoms with van der Waals surface area (Å²) in [5, 5.41) is 4.79. The molecule has 0 bridgehead atoms. The maximum Gasteiger partial charge on any atom is 0.0480 e. The van der Waals surface area contributed by atoms with Crippen LogP contribution in [0.4, 0.5) is 0 Å². The van der Waals surface area contributed by atoms with E-state index in [1.54, 1.807) is 0 Å². The Morgan fingerprint density at radius 2 is 2.00 bits per heavy atom. The molecule has 108 valence electrons. The standard InChI is InChI=1S/C18H21N3/c1-15-7-8-16(14-20-15)13-19-10-4-11-21-12-9-17-5-2-3-6-18(17)21/h2-3,5-9,12,14,19H,4,10-11,13H2,1H3. The summed E-state index contributed by atoms with van der Waals surface area (Å²) in [7, 11) is 0. The van der Waals surface area contributed by atoms with Crippen molar-refractivity contribution in [2.75, 3.05) is 6.54 Å². The molecule has 0 radical (unpaired) electrons. The number of rotatable bonds is 6. The Balaban J connectivity index is 1.45. The van der Waals surface area contributed by atoms with Crippen LogP contribution in [0.3, 0.4) is 0 Å². The second kappa shape index (κ2) is 6.55. The fourth-order valence-electron chi connectivity index (χ4n) is 2.55. The molecule has 1 aromatic carbocycles. The van der Waals surface area contributed by atoms with Crippen molar-refractivity contribution < 1.29 is 0 Å². The maximum atomic E-state index is 4.31. The van der Waals surface area contributed by atoms with E-state index in [0.717, 1.165) is 31.7 Å². The van der Waals surface area contributed by atoms with E-state index in [1.807, 2.05) is 13.1 Å². The van der Waals surface area contributed by atoms with Crippen molar-refractivity contribution in [1.29, 1.82) is 0 Å². The molecule has 0 fully saturated rings. The molecular formula is C18H21N3. The van der Waals surface area contributed by atoms with Gasteiger partial charge in [0.05, 0.1) is 0 Å². The average molecular weight is 279 g/mol. The van der Waals surface area contributed by atoms with Crippen LogP contribution in [0.5, 0.6) is 0 Å². The minimum atomic E-state index is 0.889. The number of nitrogens with zero attached hydrogens (tertiary/aromatic N) is 2. The van der Waals surface area contributed by atoms with Crippen molar-refractivity contribution >= 4 is 10.9 Å². The van der Waals surface area contributed by atoms with E-state index in [1.165, 1.54) is 16.5 Å². The molecule has 21 heavy (non-hydrogen) atoms. The number of aryl methyl sites for hydroxylation is 2. The number of benzene rings is 1. The molecule has 0 aliphatic carbocycles. The third-order valence-corrected chi connectivity index (χ3v) is 3.73. The van der Waals surface area contributed by atoms with E-state index in [-0.39, 0.29) is 0 Å². The van der Waals surface area contributed by atoms with E-state index in [4.69, 9.17) is 0 Å². The maximum absolute atomic E-state index is 4.31. The number of nitrogens with one attached hydrogen (secondary N) is 1. The van der Waals surface area contributed by atoms with Crippen LogP contribution < -0.4 is 5.32 Å². The van der Waals surface area contributed by atoms with E-state index >= 15 is 0 Å². The van der Waals surface area contributed by atoms with Gasteiger partial charge in [-0.3, -0.25) is 4.98 Å². The fourth-order valence-corrected chi connectivity index (χ4v) is 2.55. The van der Waals surface area contributed by atoms with Crippen LogP contribution in [0.1, 0.15) is 17.7 Å². The summed E-state index contributed by atoms with van der Waals surface area (Å²) in [6.45, 7) is 4.96. The molecule has 3 nitrogen and oxygen atoms in total. The van der Waals surface area contributed by atoms with Crippen LogP contribution in [0.2, 0.25) is 0 Å². The zero-order chi connectivity index (χ0) is 14.5. The highest BCUT2D eigenvalue weighted by molar-refractivity contribution is 5.79. The van der Waals surface area contributed by atoms with E-state index < -0.39 is 0 Å².